The fraction of sp³-hybridized carbons (Fsp3) is 0.200. The van der Waals surface area contributed by atoms with Crippen LogP contribution in [0.15, 0.2) is 54.1 Å². The highest BCUT2D eigenvalue weighted by Gasteiger charge is 2.12. The fourth-order valence-electron chi connectivity index (χ4n) is 2.15. The molecule has 0 unspecified atom stereocenters. The molecule has 25 heavy (non-hydrogen) atoms. The molecule has 0 saturated carbocycles. The summed E-state index contributed by atoms with van der Waals surface area (Å²) in [5.74, 6) is 0.172. The topological polar surface area (TPSA) is 62.1 Å². The van der Waals surface area contributed by atoms with Gasteiger partial charge in [0.2, 0.25) is 0 Å². The highest BCUT2D eigenvalue weighted by atomic mass is 35.5. The van der Waals surface area contributed by atoms with Gasteiger partial charge in [-0.05, 0) is 32.1 Å². The molecule has 2 rings (SSSR count). The van der Waals surface area contributed by atoms with Gasteiger partial charge in [0.05, 0.1) is 0 Å². The number of hydrogen-bond donors (Lipinski definition) is 1. The molecule has 0 heterocycles. The maximum absolute atomic E-state index is 12.1. The minimum Gasteiger partial charge on any atom is -0.488 e. The Hall–Kier alpha value is -2.77. The molecule has 0 bridgehead atoms. The molecule has 0 spiro atoms. The van der Waals surface area contributed by atoms with Gasteiger partial charge in [-0.3, -0.25) is 4.79 Å². The number of nitrogens with one attached hydrogen (secondary N) is 1. The van der Waals surface area contributed by atoms with Crippen LogP contribution in [0, 0.1) is 11.3 Å². The molecular formula is C20H19ClN2O2. The number of para-hydroxylation sites is 1. The largest absolute Gasteiger partial charge is 0.488 e. The van der Waals surface area contributed by atoms with E-state index in [1.165, 1.54) is 6.08 Å². The molecule has 0 saturated heterocycles. The van der Waals surface area contributed by atoms with Gasteiger partial charge < -0.3 is 10.1 Å². The molecule has 0 aliphatic rings. The number of ether oxygens (including phenoxy) is 1. The van der Waals surface area contributed by atoms with Crippen molar-refractivity contribution in [2.75, 3.05) is 0 Å². The summed E-state index contributed by atoms with van der Waals surface area (Å²) in [5, 5.41) is 12.6. The van der Waals surface area contributed by atoms with E-state index < -0.39 is 5.91 Å². The maximum Gasteiger partial charge on any atom is 0.262 e. The molecular weight excluding hydrogens is 336 g/mol. The van der Waals surface area contributed by atoms with E-state index in [9.17, 15) is 10.1 Å². The number of nitriles is 1. The standard InChI is InChI=1S/C20H19ClN2O2/c1-14(2)23-20(24)17(12-22)11-15-7-4-6-10-19(15)25-13-16-8-3-5-9-18(16)21/h3-11,14H,13H2,1-2H3,(H,23,24)/b17-11-. The lowest BCUT2D eigenvalue weighted by Crippen LogP contribution is -2.30. The number of carbonyl (C=O) groups is 1. The molecule has 2 aromatic rings. The summed E-state index contributed by atoms with van der Waals surface area (Å²) in [4.78, 5) is 12.1. The number of carbonyl (C=O) groups excluding carboxylic acids is 1. The van der Waals surface area contributed by atoms with Crippen LogP contribution in [0.5, 0.6) is 5.75 Å². The Labute approximate surface area is 152 Å². The molecule has 0 atom stereocenters. The third-order valence-corrected chi connectivity index (χ3v) is 3.71. The van der Waals surface area contributed by atoms with Crippen molar-refractivity contribution in [1.29, 1.82) is 5.26 Å². The Morgan fingerprint density at radius 3 is 2.60 bits per heavy atom. The van der Waals surface area contributed by atoms with Crippen LogP contribution in [0.4, 0.5) is 0 Å². The summed E-state index contributed by atoms with van der Waals surface area (Å²) in [7, 11) is 0. The van der Waals surface area contributed by atoms with Crippen molar-refractivity contribution < 1.29 is 9.53 Å². The van der Waals surface area contributed by atoms with Gasteiger partial charge in [0.25, 0.3) is 5.91 Å². The lowest BCUT2D eigenvalue weighted by molar-refractivity contribution is -0.117. The van der Waals surface area contributed by atoms with E-state index in [0.717, 1.165) is 5.56 Å². The van der Waals surface area contributed by atoms with Gasteiger partial charge in [-0.15, -0.1) is 0 Å². The van der Waals surface area contributed by atoms with Gasteiger partial charge in [-0.2, -0.15) is 5.26 Å². The van der Waals surface area contributed by atoms with Crippen LogP contribution in [0.1, 0.15) is 25.0 Å². The lowest BCUT2D eigenvalue weighted by atomic mass is 10.1. The molecule has 128 valence electrons. The average Bonchev–Trinajstić information content (AvgIpc) is 2.59. The van der Waals surface area contributed by atoms with Crippen molar-refractivity contribution in [2.45, 2.75) is 26.5 Å². The summed E-state index contributed by atoms with van der Waals surface area (Å²) in [6, 6.07) is 16.6. The first-order valence-electron chi connectivity index (χ1n) is 7.89. The zero-order valence-electron chi connectivity index (χ0n) is 14.1. The predicted molar refractivity (Wildman–Crippen MR) is 99.1 cm³/mol. The van der Waals surface area contributed by atoms with Gasteiger partial charge in [0.1, 0.15) is 24.0 Å². The summed E-state index contributed by atoms with van der Waals surface area (Å²) in [6.07, 6.45) is 1.53. The number of benzene rings is 2. The quantitative estimate of drug-likeness (QED) is 0.619. The second-order valence-electron chi connectivity index (χ2n) is 5.72. The van der Waals surface area contributed by atoms with E-state index in [4.69, 9.17) is 16.3 Å². The molecule has 1 N–H and O–H groups in total. The third-order valence-electron chi connectivity index (χ3n) is 3.34. The minimum absolute atomic E-state index is 0.0301. The van der Waals surface area contributed by atoms with Crippen molar-refractivity contribution in [1.82, 2.24) is 5.32 Å². The normalized spacial score (nSPS) is 11.1. The van der Waals surface area contributed by atoms with Crippen LogP contribution in [0.25, 0.3) is 6.08 Å². The number of rotatable bonds is 6. The van der Waals surface area contributed by atoms with Crippen molar-refractivity contribution >= 4 is 23.6 Å². The minimum atomic E-state index is -0.404. The second kappa shape index (κ2) is 8.91. The summed E-state index contributed by atoms with van der Waals surface area (Å²) in [6.45, 7) is 3.98. The first-order chi connectivity index (χ1) is 12.0. The summed E-state index contributed by atoms with van der Waals surface area (Å²) >= 11 is 6.14. The average molecular weight is 355 g/mol. The number of nitrogens with zero attached hydrogens (tertiary/aromatic N) is 1. The number of amides is 1. The van der Waals surface area contributed by atoms with Crippen LogP contribution >= 0.6 is 11.6 Å². The van der Waals surface area contributed by atoms with E-state index >= 15 is 0 Å². The van der Waals surface area contributed by atoms with E-state index in [-0.39, 0.29) is 11.6 Å². The smallest absolute Gasteiger partial charge is 0.262 e. The van der Waals surface area contributed by atoms with Crippen molar-refractivity contribution in [3.8, 4) is 11.8 Å². The van der Waals surface area contributed by atoms with Crippen molar-refractivity contribution in [3.63, 3.8) is 0 Å². The first kappa shape index (κ1) is 18.6. The summed E-state index contributed by atoms with van der Waals surface area (Å²) in [5.41, 5.74) is 1.55. The number of hydrogen-bond acceptors (Lipinski definition) is 3. The van der Waals surface area contributed by atoms with Gasteiger partial charge in [-0.1, -0.05) is 48.0 Å². The highest BCUT2D eigenvalue weighted by molar-refractivity contribution is 6.31. The molecule has 5 heteroatoms. The summed E-state index contributed by atoms with van der Waals surface area (Å²) < 4.78 is 5.84. The zero-order valence-corrected chi connectivity index (χ0v) is 14.9. The van der Waals surface area contributed by atoms with Gasteiger partial charge in [-0.25, -0.2) is 0 Å². The Balaban J connectivity index is 2.22. The third kappa shape index (κ3) is 5.37. The monoisotopic (exact) mass is 354 g/mol. The molecule has 0 fully saturated rings. The Kier molecular flexibility index (Phi) is 6.62. The highest BCUT2D eigenvalue weighted by Crippen LogP contribution is 2.24. The Morgan fingerprint density at radius 1 is 1.24 bits per heavy atom. The van der Waals surface area contributed by atoms with Crippen molar-refractivity contribution in [2.24, 2.45) is 0 Å². The second-order valence-corrected chi connectivity index (χ2v) is 6.12. The molecule has 4 nitrogen and oxygen atoms in total. The van der Waals surface area contributed by atoms with Crippen molar-refractivity contribution in [3.05, 3.63) is 70.3 Å². The van der Waals surface area contributed by atoms with Gasteiger partial charge >= 0.3 is 0 Å². The molecule has 0 radical (unpaired) electrons. The molecule has 0 aliphatic carbocycles. The van der Waals surface area contributed by atoms with Crippen LogP contribution in [0.3, 0.4) is 0 Å². The Morgan fingerprint density at radius 2 is 1.92 bits per heavy atom. The van der Waals surface area contributed by atoms with E-state index in [0.29, 0.717) is 22.9 Å². The fourth-order valence-corrected chi connectivity index (χ4v) is 2.34. The maximum atomic E-state index is 12.1. The lowest BCUT2D eigenvalue weighted by Gasteiger charge is -2.11. The van der Waals surface area contributed by atoms with E-state index in [2.05, 4.69) is 5.32 Å². The van der Waals surface area contributed by atoms with Crippen LogP contribution < -0.4 is 10.1 Å². The van der Waals surface area contributed by atoms with Crippen LogP contribution in [-0.2, 0) is 11.4 Å². The van der Waals surface area contributed by atoms with Crippen LogP contribution in [-0.4, -0.2) is 11.9 Å². The molecule has 1 amide bonds. The van der Waals surface area contributed by atoms with E-state index in [1.807, 2.05) is 50.2 Å². The molecule has 2 aromatic carbocycles. The zero-order chi connectivity index (χ0) is 18.2. The van der Waals surface area contributed by atoms with Crippen LogP contribution in [0.2, 0.25) is 5.02 Å². The Bertz CT molecular complexity index is 822. The predicted octanol–water partition coefficient (Wildman–Crippen LogP) is 4.35. The van der Waals surface area contributed by atoms with Gasteiger partial charge in [0, 0.05) is 22.2 Å². The van der Waals surface area contributed by atoms with E-state index in [1.54, 1.807) is 18.2 Å². The first-order valence-corrected chi connectivity index (χ1v) is 8.27. The molecule has 0 aromatic heterocycles. The van der Waals surface area contributed by atoms with Gasteiger partial charge in [0.15, 0.2) is 0 Å². The number of halogens is 1. The molecule has 0 aliphatic heterocycles. The SMILES string of the molecule is CC(C)NC(=O)/C(C#N)=C\c1ccccc1OCc1ccccc1Cl.